The number of hydrogen-bond acceptors (Lipinski definition) is 7. The summed E-state index contributed by atoms with van der Waals surface area (Å²) in [5.74, 6) is -1.21. The highest BCUT2D eigenvalue weighted by molar-refractivity contribution is 6.01. The van der Waals surface area contributed by atoms with E-state index in [1.807, 2.05) is 0 Å². The number of nitrogens with one attached hydrogen (secondary N) is 3. The summed E-state index contributed by atoms with van der Waals surface area (Å²) in [7, 11) is 0. The molecular weight excluding hydrogens is 481 g/mol. The predicted molar refractivity (Wildman–Crippen MR) is 124 cm³/mol. The van der Waals surface area contributed by atoms with Crippen molar-refractivity contribution in [1.29, 1.82) is 5.41 Å². The normalized spacial score (nSPS) is 11.8. The molecule has 0 aliphatic heterocycles. The highest BCUT2D eigenvalue weighted by Gasteiger charge is 2.33. The van der Waals surface area contributed by atoms with E-state index in [1.54, 1.807) is 55.8 Å². The first kappa shape index (κ1) is 26.5. The summed E-state index contributed by atoms with van der Waals surface area (Å²) >= 11 is 0. The average Bonchev–Trinajstić information content (AvgIpc) is 3.14. The van der Waals surface area contributed by atoms with Crippen LogP contribution >= 0.6 is 0 Å². The Morgan fingerprint density at radius 1 is 1.14 bits per heavy atom. The summed E-state index contributed by atoms with van der Waals surface area (Å²) < 4.78 is 51.8. The van der Waals surface area contributed by atoms with Crippen molar-refractivity contribution in [3.8, 4) is 11.6 Å². The first-order valence-corrected chi connectivity index (χ1v) is 10.7. The van der Waals surface area contributed by atoms with Crippen molar-refractivity contribution in [3.05, 3.63) is 53.9 Å². The zero-order chi connectivity index (χ0) is 26.7. The van der Waals surface area contributed by atoms with Crippen LogP contribution in [-0.2, 0) is 28.8 Å². The number of nitrogens with two attached hydrogens (primary N) is 1. The van der Waals surface area contributed by atoms with E-state index in [4.69, 9.17) is 20.6 Å². The molecular formula is C23H25F3N6O4. The number of aromatic nitrogens is 2. The molecule has 5 N–H and O–H groups in total. The second kappa shape index (κ2) is 10.2. The van der Waals surface area contributed by atoms with Crippen molar-refractivity contribution in [2.75, 3.05) is 0 Å². The van der Waals surface area contributed by atoms with Crippen LogP contribution in [0.4, 0.5) is 18.0 Å². The maximum atomic E-state index is 13.2. The Morgan fingerprint density at radius 3 is 2.50 bits per heavy atom. The molecule has 36 heavy (non-hydrogen) atoms. The molecule has 0 fully saturated rings. The number of carbonyl (C=O) groups excluding carboxylic acids is 2. The Kier molecular flexibility index (Phi) is 7.53. The van der Waals surface area contributed by atoms with E-state index < -0.39 is 35.4 Å². The predicted octanol–water partition coefficient (Wildman–Crippen LogP) is 3.88. The molecule has 0 spiro atoms. The number of benzene rings is 1. The van der Waals surface area contributed by atoms with Crippen LogP contribution < -0.4 is 21.1 Å². The third-order valence-corrected chi connectivity index (χ3v) is 4.58. The summed E-state index contributed by atoms with van der Waals surface area (Å²) in [5.41, 5.74) is 4.37. The van der Waals surface area contributed by atoms with Crippen LogP contribution in [0.5, 0.6) is 11.6 Å². The van der Waals surface area contributed by atoms with Crippen molar-refractivity contribution >= 4 is 28.9 Å². The molecule has 0 bridgehead atoms. The minimum atomic E-state index is -4.67. The van der Waals surface area contributed by atoms with Gasteiger partial charge < -0.3 is 19.8 Å². The molecule has 0 unspecified atom stereocenters. The highest BCUT2D eigenvalue weighted by atomic mass is 19.4. The fraction of sp³-hybridized carbons (Fsp3) is 0.304. The summed E-state index contributed by atoms with van der Waals surface area (Å²) in [6.45, 7) is 4.62. The fourth-order valence-corrected chi connectivity index (χ4v) is 3.18. The molecule has 3 rings (SSSR count). The van der Waals surface area contributed by atoms with E-state index in [-0.39, 0.29) is 30.3 Å². The molecule has 10 nitrogen and oxygen atoms in total. The SMILES string of the molecule is CC(C)(C)OC(=O)NC(=N)NC(=O)Cn1ccc2c(Oc3cc(CN)cc(C(F)(F)F)n3)cccc21. The van der Waals surface area contributed by atoms with Crippen LogP contribution in [-0.4, -0.2) is 33.1 Å². The number of ether oxygens (including phenoxy) is 2. The summed E-state index contributed by atoms with van der Waals surface area (Å²) in [6, 6.07) is 8.65. The van der Waals surface area contributed by atoms with Crippen LogP contribution in [0, 0.1) is 5.41 Å². The molecule has 2 aromatic heterocycles. The standard InChI is InChI=1S/C23H25F3N6O4/c1-22(2,3)36-21(34)31-20(28)30-18(33)12-32-8-7-14-15(32)5-4-6-16(14)35-19-10-13(11-27)9-17(29-19)23(24,25)26/h4-10H,11-12,27H2,1-3H3,(H3,28,30,31,33,34). The number of halogens is 3. The maximum absolute atomic E-state index is 13.2. The van der Waals surface area contributed by atoms with E-state index in [0.717, 1.165) is 6.07 Å². The van der Waals surface area contributed by atoms with Gasteiger partial charge >= 0.3 is 12.3 Å². The monoisotopic (exact) mass is 506 g/mol. The molecule has 0 saturated heterocycles. The fourth-order valence-electron chi connectivity index (χ4n) is 3.18. The Hall–Kier alpha value is -4.13. The van der Waals surface area contributed by atoms with Gasteiger partial charge in [0, 0.05) is 24.2 Å². The van der Waals surface area contributed by atoms with E-state index in [9.17, 15) is 22.8 Å². The molecule has 0 aliphatic carbocycles. The van der Waals surface area contributed by atoms with Gasteiger partial charge in [0.2, 0.25) is 17.7 Å². The second-order valence-corrected chi connectivity index (χ2v) is 8.69. The molecule has 0 aliphatic rings. The van der Waals surface area contributed by atoms with Gasteiger partial charge in [-0.2, -0.15) is 13.2 Å². The number of carbonyl (C=O) groups is 2. The Labute approximate surface area is 204 Å². The minimum absolute atomic E-state index is 0.130. The zero-order valence-corrected chi connectivity index (χ0v) is 19.7. The Balaban J connectivity index is 1.74. The van der Waals surface area contributed by atoms with Gasteiger partial charge in [0.1, 0.15) is 23.6 Å². The van der Waals surface area contributed by atoms with Gasteiger partial charge in [-0.25, -0.2) is 9.78 Å². The first-order chi connectivity index (χ1) is 16.7. The zero-order valence-electron chi connectivity index (χ0n) is 19.7. The summed E-state index contributed by atoms with van der Waals surface area (Å²) in [5, 5.41) is 12.6. The average molecular weight is 506 g/mol. The van der Waals surface area contributed by atoms with Gasteiger partial charge in [0.25, 0.3) is 0 Å². The van der Waals surface area contributed by atoms with Gasteiger partial charge in [-0.15, -0.1) is 0 Å². The third-order valence-electron chi connectivity index (χ3n) is 4.58. The number of guanidine groups is 1. The quantitative estimate of drug-likeness (QED) is 0.305. The van der Waals surface area contributed by atoms with Crippen molar-refractivity contribution in [2.45, 2.75) is 45.6 Å². The summed E-state index contributed by atoms with van der Waals surface area (Å²) in [6.07, 6.45) is -3.98. The van der Waals surface area contributed by atoms with Crippen LogP contribution in [0.1, 0.15) is 32.0 Å². The molecule has 3 aromatic rings. The first-order valence-electron chi connectivity index (χ1n) is 10.7. The number of alkyl halides is 3. The lowest BCUT2D eigenvalue weighted by atomic mass is 10.2. The van der Waals surface area contributed by atoms with Crippen LogP contribution in [0.25, 0.3) is 10.9 Å². The number of alkyl carbamates (subject to hydrolysis) is 1. The molecule has 2 amide bonds. The van der Waals surface area contributed by atoms with E-state index in [1.165, 1.54) is 6.07 Å². The van der Waals surface area contributed by atoms with Gasteiger partial charge in [0.05, 0.1) is 5.52 Å². The molecule has 192 valence electrons. The highest BCUT2D eigenvalue weighted by Crippen LogP contribution is 2.33. The molecule has 0 atom stereocenters. The number of hydrogen-bond donors (Lipinski definition) is 4. The second-order valence-electron chi connectivity index (χ2n) is 8.69. The van der Waals surface area contributed by atoms with E-state index in [0.29, 0.717) is 10.9 Å². The van der Waals surface area contributed by atoms with Crippen molar-refractivity contribution in [3.63, 3.8) is 0 Å². The van der Waals surface area contributed by atoms with E-state index >= 15 is 0 Å². The lowest BCUT2D eigenvalue weighted by molar-refractivity contribution is -0.141. The van der Waals surface area contributed by atoms with Crippen molar-refractivity contribution < 1.29 is 32.2 Å². The Bertz CT molecular complexity index is 1300. The maximum Gasteiger partial charge on any atom is 0.433 e. The lowest BCUT2D eigenvalue weighted by Crippen LogP contribution is -2.45. The van der Waals surface area contributed by atoms with Gasteiger partial charge in [-0.3, -0.25) is 20.8 Å². The topological polar surface area (TPSA) is 144 Å². The van der Waals surface area contributed by atoms with Gasteiger partial charge in [0.15, 0.2) is 0 Å². The number of fused-ring (bicyclic) bond motifs is 1. The largest absolute Gasteiger partial charge is 0.444 e. The van der Waals surface area contributed by atoms with Gasteiger partial charge in [-0.05, 0) is 50.6 Å². The molecule has 13 heteroatoms. The Morgan fingerprint density at radius 2 is 1.86 bits per heavy atom. The van der Waals surface area contributed by atoms with Gasteiger partial charge in [-0.1, -0.05) is 6.07 Å². The number of rotatable bonds is 5. The lowest BCUT2D eigenvalue weighted by Gasteiger charge is -2.19. The molecule has 2 heterocycles. The van der Waals surface area contributed by atoms with Crippen LogP contribution in [0.3, 0.4) is 0 Å². The minimum Gasteiger partial charge on any atom is -0.444 e. The third kappa shape index (κ3) is 6.95. The molecule has 1 aromatic carbocycles. The number of pyridine rings is 1. The van der Waals surface area contributed by atoms with Crippen LogP contribution in [0.15, 0.2) is 42.6 Å². The molecule has 0 radical (unpaired) electrons. The molecule has 0 saturated carbocycles. The van der Waals surface area contributed by atoms with Crippen LogP contribution in [0.2, 0.25) is 0 Å². The smallest absolute Gasteiger partial charge is 0.433 e. The van der Waals surface area contributed by atoms with Crippen molar-refractivity contribution in [1.82, 2.24) is 20.2 Å². The summed E-state index contributed by atoms with van der Waals surface area (Å²) in [4.78, 5) is 27.7. The number of nitrogens with zero attached hydrogens (tertiary/aromatic N) is 2. The van der Waals surface area contributed by atoms with E-state index in [2.05, 4.69) is 15.6 Å². The van der Waals surface area contributed by atoms with Crippen molar-refractivity contribution in [2.24, 2.45) is 5.73 Å². The number of amides is 2.